The molecule has 0 aliphatic carbocycles. The zero-order chi connectivity index (χ0) is 17.0. The fourth-order valence-corrected chi connectivity index (χ4v) is 2.31. The van der Waals surface area contributed by atoms with Crippen LogP contribution in [0.1, 0.15) is 25.8 Å². The van der Waals surface area contributed by atoms with E-state index in [0.29, 0.717) is 40.3 Å². The van der Waals surface area contributed by atoms with Crippen molar-refractivity contribution in [3.63, 3.8) is 0 Å². The van der Waals surface area contributed by atoms with Crippen LogP contribution in [-0.2, 0) is 4.79 Å². The van der Waals surface area contributed by atoms with Gasteiger partial charge in [0.15, 0.2) is 11.5 Å². The van der Waals surface area contributed by atoms with Crippen LogP contribution in [-0.4, -0.2) is 33.1 Å². The highest BCUT2D eigenvalue weighted by molar-refractivity contribution is 6.14. The van der Waals surface area contributed by atoms with E-state index in [0.717, 1.165) is 6.42 Å². The monoisotopic (exact) mass is 318 g/mol. The van der Waals surface area contributed by atoms with Crippen molar-refractivity contribution in [2.45, 2.75) is 20.3 Å². The summed E-state index contributed by atoms with van der Waals surface area (Å²) in [5, 5.41) is 2.79. The van der Waals surface area contributed by atoms with Crippen LogP contribution in [0.4, 0.5) is 0 Å². The average molecular weight is 318 g/mol. The second-order valence-electron chi connectivity index (χ2n) is 5.59. The van der Waals surface area contributed by atoms with Gasteiger partial charge >= 0.3 is 0 Å². The third-order valence-corrected chi connectivity index (χ3v) is 3.38. The fraction of sp³-hybridized carbons (Fsp3) is 0.412. The Morgan fingerprint density at radius 1 is 1.09 bits per heavy atom. The molecular weight excluding hydrogens is 296 g/mol. The molecule has 0 spiro atoms. The Hall–Kier alpha value is -2.50. The second kappa shape index (κ2) is 7.17. The van der Waals surface area contributed by atoms with Crippen LogP contribution in [0.5, 0.6) is 17.2 Å². The van der Waals surface area contributed by atoms with Crippen molar-refractivity contribution in [2.24, 2.45) is 10.9 Å². The fourth-order valence-electron chi connectivity index (χ4n) is 2.31. The van der Waals surface area contributed by atoms with Gasteiger partial charge in [0, 0.05) is 18.1 Å². The predicted molar refractivity (Wildman–Crippen MR) is 89.1 cm³/mol. The zero-order valence-corrected chi connectivity index (χ0v) is 14.1. The van der Waals surface area contributed by atoms with Gasteiger partial charge in [-0.1, -0.05) is 13.8 Å². The third-order valence-electron chi connectivity index (χ3n) is 3.38. The molecule has 0 radical (unpaired) electrons. The lowest BCUT2D eigenvalue weighted by molar-refractivity contribution is -0.115. The second-order valence-corrected chi connectivity index (χ2v) is 5.59. The molecule has 23 heavy (non-hydrogen) atoms. The Bertz CT molecular complexity index is 663. The first kappa shape index (κ1) is 16.9. The molecule has 6 nitrogen and oxygen atoms in total. The number of amidine groups is 1. The van der Waals surface area contributed by atoms with Crippen molar-refractivity contribution in [3.8, 4) is 17.2 Å². The molecule has 1 aromatic rings. The first-order chi connectivity index (χ1) is 11.0. The summed E-state index contributed by atoms with van der Waals surface area (Å²) < 4.78 is 15.9. The number of carbonyl (C=O) groups is 1. The SMILES string of the molecule is COc1cc(OC)c(OC)cc1/C=C1/N=C(CC(C)C)NC1=O. The van der Waals surface area contributed by atoms with Gasteiger partial charge in [-0.05, 0) is 18.1 Å². The molecular formula is C17H22N2O4. The maximum absolute atomic E-state index is 12.1. The summed E-state index contributed by atoms with van der Waals surface area (Å²) in [6.45, 7) is 4.15. The largest absolute Gasteiger partial charge is 0.496 e. The van der Waals surface area contributed by atoms with E-state index in [4.69, 9.17) is 14.2 Å². The number of benzene rings is 1. The minimum Gasteiger partial charge on any atom is -0.496 e. The summed E-state index contributed by atoms with van der Waals surface area (Å²) in [7, 11) is 4.68. The molecule has 1 heterocycles. The lowest BCUT2D eigenvalue weighted by Crippen LogP contribution is -2.24. The van der Waals surface area contributed by atoms with Crippen molar-refractivity contribution >= 4 is 17.8 Å². The maximum Gasteiger partial charge on any atom is 0.275 e. The van der Waals surface area contributed by atoms with Gasteiger partial charge in [-0.3, -0.25) is 4.79 Å². The molecule has 1 N–H and O–H groups in total. The number of ether oxygens (including phenoxy) is 3. The van der Waals surface area contributed by atoms with Crippen LogP contribution >= 0.6 is 0 Å². The number of methoxy groups -OCH3 is 3. The number of amides is 1. The smallest absolute Gasteiger partial charge is 0.275 e. The maximum atomic E-state index is 12.1. The molecule has 0 atom stereocenters. The van der Waals surface area contributed by atoms with Crippen LogP contribution in [0.2, 0.25) is 0 Å². The normalized spacial score (nSPS) is 15.7. The highest BCUT2D eigenvalue weighted by Gasteiger charge is 2.21. The number of nitrogens with zero attached hydrogens (tertiary/aromatic N) is 1. The highest BCUT2D eigenvalue weighted by Crippen LogP contribution is 2.36. The van der Waals surface area contributed by atoms with Gasteiger partial charge in [0.25, 0.3) is 5.91 Å². The minimum atomic E-state index is -0.211. The third kappa shape index (κ3) is 3.83. The van der Waals surface area contributed by atoms with Gasteiger partial charge < -0.3 is 19.5 Å². The van der Waals surface area contributed by atoms with Crippen LogP contribution in [0.3, 0.4) is 0 Å². The van der Waals surface area contributed by atoms with Crippen LogP contribution in [0.15, 0.2) is 22.8 Å². The quantitative estimate of drug-likeness (QED) is 0.819. The summed E-state index contributed by atoms with van der Waals surface area (Å²) in [5.41, 5.74) is 1.05. The Morgan fingerprint density at radius 2 is 1.70 bits per heavy atom. The van der Waals surface area contributed by atoms with E-state index in [1.807, 2.05) is 0 Å². The zero-order valence-electron chi connectivity index (χ0n) is 14.1. The summed E-state index contributed by atoms with van der Waals surface area (Å²) in [5.74, 6) is 2.60. The van der Waals surface area contributed by atoms with E-state index in [1.165, 1.54) is 0 Å². The number of hydrogen-bond donors (Lipinski definition) is 1. The standard InChI is InChI=1S/C17H22N2O4/c1-10(2)6-16-18-12(17(20)19-16)7-11-8-14(22-4)15(23-5)9-13(11)21-3/h7-10H,6H2,1-5H3,(H,18,19,20)/b12-7+. The predicted octanol–water partition coefficient (Wildman–Crippen LogP) is 2.63. The highest BCUT2D eigenvalue weighted by atomic mass is 16.5. The van der Waals surface area contributed by atoms with Gasteiger partial charge in [-0.15, -0.1) is 0 Å². The molecule has 0 fully saturated rings. The lowest BCUT2D eigenvalue weighted by atomic mass is 10.1. The van der Waals surface area contributed by atoms with Crippen LogP contribution < -0.4 is 19.5 Å². The molecule has 0 bridgehead atoms. The summed E-state index contributed by atoms with van der Waals surface area (Å²) in [4.78, 5) is 16.4. The number of nitrogens with one attached hydrogen (secondary N) is 1. The molecule has 1 aliphatic rings. The topological polar surface area (TPSA) is 69.2 Å². The molecule has 2 rings (SSSR count). The number of rotatable bonds is 6. The van der Waals surface area contributed by atoms with Gasteiger partial charge in [-0.25, -0.2) is 4.99 Å². The van der Waals surface area contributed by atoms with Gasteiger partial charge in [0.2, 0.25) is 0 Å². The van der Waals surface area contributed by atoms with E-state index in [2.05, 4.69) is 24.2 Å². The Kier molecular flexibility index (Phi) is 5.26. The Balaban J connectivity index is 2.41. The average Bonchev–Trinajstić information content (AvgIpc) is 2.85. The van der Waals surface area contributed by atoms with Crippen molar-refractivity contribution < 1.29 is 19.0 Å². The minimum absolute atomic E-state index is 0.211. The van der Waals surface area contributed by atoms with Crippen molar-refractivity contribution in [1.29, 1.82) is 0 Å². The van der Waals surface area contributed by atoms with E-state index >= 15 is 0 Å². The molecule has 0 saturated carbocycles. The van der Waals surface area contributed by atoms with E-state index in [9.17, 15) is 4.79 Å². The molecule has 1 amide bonds. The van der Waals surface area contributed by atoms with E-state index < -0.39 is 0 Å². The summed E-state index contributed by atoms with van der Waals surface area (Å²) in [6.07, 6.45) is 2.41. The lowest BCUT2D eigenvalue weighted by Gasteiger charge is -2.12. The molecule has 0 aromatic heterocycles. The van der Waals surface area contributed by atoms with Gasteiger partial charge in [0.05, 0.1) is 21.3 Å². The Morgan fingerprint density at radius 3 is 2.26 bits per heavy atom. The van der Waals surface area contributed by atoms with E-state index in [1.54, 1.807) is 39.5 Å². The number of hydrogen-bond acceptors (Lipinski definition) is 5. The van der Waals surface area contributed by atoms with Crippen LogP contribution in [0, 0.1) is 5.92 Å². The van der Waals surface area contributed by atoms with Crippen molar-refractivity contribution in [1.82, 2.24) is 5.32 Å². The molecule has 6 heteroatoms. The molecule has 124 valence electrons. The van der Waals surface area contributed by atoms with Gasteiger partial charge in [-0.2, -0.15) is 0 Å². The first-order valence-electron chi connectivity index (χ1n) is 7.39. The molecule has 1 aliphatic heterocycles. The number of aliphatic imine (C=N–C) groups is 1. The molecule has 0 unspecified atom stereocenters. The van der Waals surface area contributed by atoms with Crippen LogP contribution in [0.25, 0.3) is 6.08 Å². The summed E-state index contributed by atoms with van der Waals surface area (Å²) in [6, 6.07) is 3.48. The molecule has 1 aromatic carbocycles. The summed E-state index contributed by atoms with van der Waals surface area (Å²) >= 11 is 0. The van der Waals surface area contributed by atoms with Crippen molar-refractivity contribution in [3.05, 3.63) is 23.4 Å². The molecule has 0 saturated heterocycles. The van der Waals surface area contributed by atoms with E-state index in [-0.39, 0.29) is 5.91 Å². The Labute approximate surface area is 136 Å². The first-order valence-corrected chi connectivity index (χ1v) is 7.39. The number of carbonyl (C=O) groups excluding carboxylic acids is 1. The van der Waals surface area contributed by atoms with Gasteiger partial charge in [0.1, 0.15) is 17.3 Å². The van der Waals surface area contributed by atoms with Crippen molar-refractivity contribution in [2.75, 3.05) is 21.3 Å².